The van der Waals surface area contributed by atoms with Gasteiger partial charge in [-0.2, -0.15) is 0 Å². The van der Waals surface area contributed by atoms with Gasteiger partial charge in [-0.25, -0.2) is 9.97 Å². The maximum atomic E-state index is 6.10. The summed E-state index contributed by atoms with van der Waals surface area (Å²) in [6, 6.07) is 6.26. The Balaban J connectivity index is 2.03. The van der Waals surface area contributed by atoms with Gasteiger partial charge >= 0.3 is 0 Å². The van der Waals surface area contributed by atoms with Crippen LogP contribution in [0.1, 0.15) is 37.9 Å². The topological polar surface area (TPSA) is 55.0 Å². The zero-order valence-corrected chi connectivity index (χ0v) is 11.6. The predicted octanol–water partition coefficient (Wildman–Crippen LogP) is 2.94. The minimum absolute atomic E-state index is 0.536. The van der Waals surface area contributed by atoms with Crippen LogP contribution < -0.4 is 10.6 Å². The Morgan fingerprint density at radius 3 is 2.79 bits per heavy atom. The number of hydrogen-bond donors (Lipinski definition) is 1. The Kier molecular flexibility index (Phi) is 3.01. The molecule has 0 radical (unpaired) electrons. The number of hydrogen-bond acceptors (Lipinski definition) is 4. The molecular weight excluding hydrogens is 236 g/mol. The molecule has 1 aromatic carbocycles. The van der Waals surface area contributed by atoms with Crippen molar-refractivity contribution < 1.29 is 0 Å². The zero-order chi connectivity index (χ0) is 13.4. The van der Waals surface area contributed by atoms with Gasteiger partial charge in [0.05, 0.1) is 5.52 Å². The summed E-state index contributed by atoms with van der Waals surface area (Å²) in [6.45, 7) is 3.21. The van der Waals surface area contributed by atoms with E-state index in [0.29, 0.717) is 11.7 Å². The van der Waals surface area contributed by atoms with Crippen molar-refractivity contribution in [3.05, 3.63) is 24.0 Å². The van der Waals surface area contributed by atoms with Crippen molar-refractivity contribution in [3.8, 4) is 0 Å². The summed E-state index contributed by atoms with van der Waals surface area (Å²) >= 11 is 0. The number of nitrogens with two attached hydrogens (primary N) is 1. The van der Waals surface area contributed by atoms with E-state index in [9.17, 15) is 0 Å². The first-order valence-electron chi connectivity index (χ1n) is 6.97. The molecule has 19 heavy (non-hydrogen) atoms. The normalized spacial score (nSPS) is 14.8. The highest BCUT2D eigenvalue weighted by atomic mass is 15.1. The van der Waals surface area contributed by atoms with Crippen molar-refractivity contribution in [2.24, 2.45) is 0 Å². The Hall–Kier alpha value is -1.84. The van der Waals surface area contributed by atoms with Crippen LogP contribution in [-0.2, 0) is 0 Å². The van der Waals surface area contributed by atoms with Crippen molar-refractivity contribution in [3.63, 3.8) is 0 Å². The zero-order valence-electron chi connectivity index (χ0n) is 11.6. The van der Waals surface area contributed by atoms with Crippen LogP contribution in [0.4, 0.5) is 11.5 Å². The van der Waals surface area contributed by atoms with Crippen LogP contribution in [0.15, 0.2) is 18.2 Å². The molecule has 4 nitrogen and oxygen atoms in total. The fourth-order valence-electron chi connectivity index (χ4n) is 2.38. The number of aromatic nitrogens is 2. The minimum Gasteiger partial charge on any atom is -0.383 e. The molecule has 0 atom stereocenters. The van der Waals surface area contributed by atoms with Gasteiger partial charge in [-0.3, -0.25) is 0 Å². The molecule has 1 aromatic heterocycles. The highest BCUT2D eigenvalue weighted by Crippen LogP contribution is 2.39. The van der Waals surface area contributed by atoms with Crippen LogP contribution in [0.3, 0.4) is 0 Å². The summed E-state index contributed by atoms with van der Waals surface area (Å²) in [6.07, 6.45) is 3.52. The number of fused-ring (bicyclic) bond motifs is 1. The van der Waals surface area contributed by atoms with Crippen LogP contribution in [0.5, 0.6) is 0 Å². The molecule has 1 saturated carbocycles. The van der Waals surface area contributed by atoms with E-state index in [2.05, 4.69) is 47.0 Å². The Morgan fingerprint density at radius 1 is 1.32 bits per heavy atom. The molecule has 1 heterocycles. The van der Waals surface area contributed by atoms with Crippen molar-refractivity contribution in [2.45, 2.75) is 32.1 Å². The maximum absolute atomic E-state index is 6.10. The van der Waals surface area contributed by atoms with E-state index in [1.54, 1.807) is 0 Å². The Morgan fingerprint density at radius 2 is 2.11 bits per heavy atom. The van der Waals surface area contributed by atoms with Crippen LogP contribution in [-0.4, -0.2) is 23.6 Å². The van der Waals surface area contributed by atoms with Gasteiger partial charge in [-0.05, 0) is 37.5 Å². The number of benzene rings is 1. The summed E-state index contributed by atoms with van der Waals surface area (Å²) in [5.74, 6) is 2.06. The van der Waals surface area contributed by atoms with Crippen molar-refractivity contribution in [1.82, 2.24) is 9.97 Å². The van der Waals surface area contributed by atoms with E-state index in [0.717, 1.165) is 29.7 Å². The first-order chi connectivity index (χ1) is 9.19. The van der Waals surface area contributed by atoms with Crippen molar-refractivity contribution >= 4 is 22.4 Å². The Labute approximate surface area is 113 Å². The summed E-state index contributed by atoms with van der Waals surface area (Å²) in [5.41, 5.74) is 8.23. The molecule has 1 fully saturated rings. The second kappa shape index (κ2) is 4.68. The summed E-state index contributed by atoms with van der Waals surface area (Å²) < 4.78 is 0. The third kappa shape index (κ3) is 2.35. The monoisotopic (exact) mass is 256 g/mol. The van der Waals surface area contributed by atoms with Crippen LogP contribution in [0.2, 0.25) is 0 Å². The molecule has 0 aliphatic heterocycles. The highest BCUT2D eigenvalue weighted by Gasteiger charge is 2.27. The number of nitrogen functional groups attached to an aromatic ring is 1. The summed E-state index contributed by atoms with van der Waals surface area (Å²) in [5, 5.41) is 0.963. The molecule has 100 valence electrons. The van der Waals surface area contributed by atoms with E-state index >= 15 is 0 Å². The lowest BCUT2D eigenvalue weighted by atomic mass is 10.2. The molecule has 1 aliphatic carbocycles. The maximum Gasteiger partial charge on any atom is 0.135 e. The standard InChI is InChI=1S/C15H20N4/c1-3-8-19(2)11-6-7-13-12(9-11)14(16)18-15(17-13)10-4-5-10/h6-7,9-10H,3-5,8H2,1-2H3,(H2,16,17,18). The molecule has 0 unspecified atom stereocenters. The molecule has 4 heteroatoms. The number of anilines is 2. The van der Waals surface area contributed by atoms with Gasteiger partial charge in [-0.1, -0.05) is 6.92 Å². The van der Waals surface area contributed by atoms with Crippen molar-refractivity contribution in [1.29, 1.82) is 0 Å². The quantitative estimate of drug-likeness (QED) is 0.913. The first-order valence-corrected chi connectivity index (χ1v) is 6.97. The van der Waals surface area contributed by atoms with E-state index in [1.165, 1.54) is 18.5 Å². The van der Waals surface area contributed by atoms with Crippen molar-refractivity contribution in [2.75, 3.05) is 24.2 Å². The largest absolute Gasteiger partial charge is 0.383 e. The van der Waals surface area contributed by atoms with E-state index in [4.69, 9.17) is 5.73 Å². The average molecular weight is 256 g/mol. The van der Waals surface area contributed by atoms with Crippen LogP contribution >= 0.6 is 0 Å². The van der Waals surface area contributed by atoms with Gasteiger partial charge in [-0.15, -0.1) is 0 Å². The predicted molar refractivity (Wildman–Crippen MR) is 79.5 cm³/mol. The third-order valence-corrected chi connectivity index (χ3v) is 3.67. The van der Waals surface area contributed by atoms with Crippen LogP contribution in [0.25, 0.3) is 10.9 Å². The van der Waals surface area contributed by atoms with Gasteiger partial charge in [0.1, 0.15) is 11.6 Å². The average Bonchev–Trinajstić information content (AvgIpc) is 3.23. The van der Waals surface area contributed by atoms with Gasteiger partial charge in [0.15, 0.2) is 0 Å². The summed E-state index contributed by atoms with van der Waals surface area (Å²) in [7, 11) is 2.10. The lowest BCUT2D eigenvalue weighted by molar-refractivity contribution is 0.853. The molecule has 0 saturated heterocycles. The van der Waals surface area contributed by atoms with Gasteiger partial charge in [0, 0.05) is 30.6 Å². The van der Waals surface area contributed by atoms with Gasteiger partial charge in [0.25, 0.3) is 0 Å². The minimum atomic E-state index is 0.536. The molecule has 0 amide bonds. The summed E-state index contributed by atoms with van der Waals surface area (Å²) in [4.78, 5) is 11.3. The lowest BCUT2D eigenvalue weighted by Crippen LogP contribution is -2.17. The van der Waals surface area contributed by atoms with E-state index in [-0.39, 0.29) is 0 Å². The first kappa shape index (κ1) is 12.2. The molecule has 0 bridgehead atoms. The lowest BCUT2D eigenvalue weighted by Gasteiger charge is -2.19. The molecule has 2 aromatic rings. The second-order valence-corrected chi connectivity index (χ2v) is 5.36. The second-order valence-electron chi connectivity index (χ2n) is 5.36. The highest BCUT2D eigenvalue weighted by molar-refractivity contribution is 5.90. The molecule has 2 N–H and O–H groups in total. The smallest absolute Gasteiger partial charge is 0.135 e. The van der Waals surface area contributed by atoms with Crippen LogP contribution in [0, 0.1) is 0 Å². The SMILES string of the molecule is CCCN(C)c1ccc2nc(C3CC3)nc(N)c2c1. The molecule has 0 spiro atoms. The number of rotatable bonds is 4. The van der Waals surface area contributed by atoms with Gasteiger partial charge in [0.2, 0.25) is 0 Å². The fraction of sp³-hybridized carbons (Fsp3) is 0.467. The van der Waals surface area contributed by atoms with E-state index < -0.39 is 0 Å². The molecule has 3 rings (SSSR count). The molecular formula is C15H20N4. The fourth-order valence-corrected chi connectivity index (χ4v) is 2.38. The number of nitrogens with zero attached hydrogens (tertiary/aromatic N) is 3. The van der Waals surface area contributed by atoms with Gasteiger partial charge < -0.3 is 10.6 Å². The van der Waals surface area contributed by atoms with E-state index in [1.807, 2.05) is 0 Å². The third-order valence-electron chi connectivity index (χ3n) is 3.67. The Bertz CT molecular complexity index is 604. The molecule has 1 aliphatic rings.